The van der Waals surface area contributed by atoms with E-state index >= 15 is 0 Å². The van der Waals surface area contributed by atoms with Crippen LogP contribution in [-0.4, -0.2) is 10.1 Å². The normalized spacial score (nSPS) is 13.2. The summed E-state index contributed by atoms with van der Waals surface area (Å²) in [7, 11) is 0. The lowest BCUT2D eigenvalue weighted by Gasteiger charge is -2.19. The quantitative estimate of drug-likeness (QED) is 0.788. The third-order valence-electron chi connectivity index (χ3n) is 2.38. The minimum Gasteiger partial charge on any atom is -0.385 e. The van der Waals surface area contributed by atoms with E-state index in [1.807, 2.05) is 0 Å². The van der Waals surface area contributed by atoms with Crippen LogP contribution in [-0.2, 0) is 0 Å². The third kappa shape index (κ3) is 4.00. The van der Waals surface area contributed by atoms with Crippen molar-refractivity contribution in [3.8, 4) is 0 Å². The number of aliphatic hydroxyl groups excluding tert-OH is 1. The van der Waals surface area contributed by atoms with E-state index in [1.165, 1.54) is 0 Å². The van der Waals surface area contributed by atoms with Gasteiger partial charge in [0.15, 0.2) is 5.69 Å². The summed E-state index contributed by atoms with van der Waals surface area (Å²) in [5.41, 5.74) is 0.802. The lowest BCUT2D eigenvalue weighted by Crippen LogP contribution is -2.09. The molecule has 0 saturated carbocycles. The molecule has 86 valence electrons. The molecule has 0 aliphatic heterocycles. The number of hydrogen-bond donors (Lipinski definition) is 1. The summed E-state index contributed by atoms with van der Waals surface area (Å²) < 4.78 is 0. The van der Waals surface area contributed by atoms with Gasteiger partial charge in [0, 0.05) is 0 Å². The first-order valence-electron chi connectivity index (χ1n) is 5.45. The van der Waals surface area contributed by atoms with Crippen LogP contribution in [0.1, 0.15) is 45.4 Å². The Morgan fingerprint density at radius 3 is 2.69 bits per heavy atom. The molecule has 16 heavy (non-hydrogen) atoms. The van der Waals surface area contributed by atoms with Gasteiger partial charge in [-0.05, 0) is 30.4 Å². The molecule has 3 heteroatoms. The summed E-state index contributed by atoms with van der Waals surface area (Å²) in [6.07, 6.45) is 1.04. The van der Waals surface area contributed by atoms with Crippen LogP contribution >= 0.6 is 0 Å². The van der Waals surface area contributed by atoms with Gasteiger partial charge in [-0.1, -0.05) is 33.4 Å². The van der Waals surface area contributed by atoms with E-state index in [2.05, 4.69) is 30.6 Å². The predicted molar refractivity (Wildman–Crippen MR) is 64.1 cm³/mol. The number of aromatic nitrogens is 1. The van der Waals surface area contributed by atoms with Crippen LogP contribution in [0.3, 0.4) is 0 Å². The van der Waals surface area contributed by atoms with Crippen LogP contribution < -0.4 is 0 Å². The van der Waals surface area contributed by atoms with Crippen molar-refractivity contribution in [1.29, 1.82) is 0 Å². The molecule has 1 N–H and O–H groups in total. The van der Waals surface area contributed by atoms with Crippen molar-refractivity contribution >= 4 is 5.82 Å². The summed E-state index contributed by atoms with van der Waals surface area (Å²) >= 11 is 0. The molecule has 0 aliphatic rings. The monoisotopic (exact) mass is 218 g/mol. The Hall–Kier alpha value is -1.40. The van der Waals surface area contributed by atoms with Crippen LogP contribution in [0.25, 0.3) is 4.85 Å². The highest BCUT2D eigenvalue weighted by Gasteiger charge is 2.17. The Labute approximate surface area is 97.0 Å². The number of aliphatic hydroxyl groups is 1. The zero-order valence-corrected chi connectivity index (χ0v) is 10.1. The number of hydrogen-bond acceptors (Lipinski definition) is 2. The van der Waals surface area contributed by atoms with Crippen molar-refractivity contribution < 1.29 is 5.11 Å². The fourth-order valence-electron chi connectivity index (χ4n) is 1.41. The fourth-order valence-corrected chi connectivity index (χ4v) is 1.41. The zero-order valence-electron chi connectivity index (χ0n) is 10.1. The average Bonchev–Trinajstić information content (AvgIpc) is 2.25. The minimum absolute atomic E-state index is 0.207. The van der Waals surface area contributed by atoms with Gasteiger partial charge in [-0.3, -0.25) is 0 Å². The van der Waals surface area contributed by atoms with Gasteiger partial charge in [0.2, 0.25) is 0 Å². The molecule has 3 nitrogen and oxygen atoms in total. The van der Waals surface area contributed by atoms with E-state index in [-0.39, 0.29) is 5.41 Å². The molecule has 0 radical (unpaired) electrons. The molecular weight excluding hydrogens is 200 g/mol. The molecule has 1 aromatic heterocycles. The van der Waals surface area contributed by atoms with Gasteiger partial charge >= 0.3 is 0 Å². The SMILES string of the molecule is [C-]#[N+]c1cccc(C(O)CCC(C)(C)C)n1. The maximum absolute atomic E-state index is 9.94. The lowest BCUT2D eigenvalue weighted by molar-refractivity contribution is 0.143. The Morgan fingerprint density at radius 1 is 1.44 bits per heavy atom. The molecule has 1 unspecified atom stereocenters. The van der Waals surface area contributed by atoms with Crippen molar-refractivity contribution in [3.05, 3.63) is 35.3 Å². The summed E-state index contributed by atoms with van der Waals surface area (Å²) in [4.78, 5) is 7.34. The first-order valence-corrected chi connectivity index (χ1v) is 5.45. The van der Waals surface area contributed by atoms with Gasteiger partial charge < -0.3 is 9.95 Å². The molecule has 0 fully saturated rings. The summed E-state index contributed by atoms with van der Waals surface area (Å²) in [5.74, 6) is 0.340. The number of nitrogens with zero attached hydrogens (tertiary/aromatic N) is 2. The van der Waals surface area contributed by atoms with Gasteiger partial charge in [0.05, 0.1) is 0 Å². The largest absolute Gasteiger partial charge is 0.385 e. The van der Waals surface area contributed by atoms with E-state index in [9.17, 15) is 5.11 Å². The van der Waals surface area contributed by atoms with Gasteiger partial charge in [-0.15, -0.1) is 4.98 Å². The molecule has 1 atom stereocenters. The minimum atomic E-state index is -0.569. The molecule has 0 spiro atoms. The second-order valence-corrected chi connectivity index (χ2v) is 5.15. The van der Waals surface area contributed by atoms with Crippen molar-refractivity contribution in [2.24, 2.45) is 5.41 Å². The molecule has 0 bridgehead atoms. The van der Waals surface area contributed by atoms with Gasteiger partial charge in [0.1, 0.15) is 6.10 Å². The maximum Gasteiger partial charge on any atom is 0.269 e. The van der Waals surface area contributed by atoms with E-state index < -0.39 is 6.10 Å². The molecule has 1 heterocycles. The Balaban J connectivity index is 2.66. The Kier molecular flexibility index (Phi) is 4.03. The smallest absolute Gasteiger partial charge is 0.269 e. The first-order chi connectivity index (χ1) is 7.42. The van der Waals surface area contributed by atoms with E-state index in [0.717, 1.165) is 6.42 Å². The van der Waals surface area contributed by atoms with Crippen LogP contribution in [0.2, 0.25) is 0 Å². The maximum atomic E-state index is 9.94. The van der Waals surface area contributed by atoms with E-state index in [1.54, 1.807) is 18.2 Å². The zero-order chi connectivity index (χ0) is 12.2. The molecule has 0 aliphatic carbocycles. The van der Waals surface area contributed by atoms with Crippen molar-refractivity contribution in [1.82, 2.24) is 4.98 Å². The van der Waals surface area contributed by atoms with Crippen molar-refractivity contribution in [2.45, 2.75) is 39.7 Å². The fraction of sp³-hybridized carbons (Fsp3) is 0.538. The van der Waals surface area contributed by atoms with Crippen LogP contribution in [0.5, 0.6) is 0 Å². The standard InChI is InChI=1S/C13H18N2O/c1-13(2,3)9-8-11(16)10-6-5-7-12(14-4)15-10/h5-7,11,16H,8-9H2,1-3H3. The second-order valence-electron chi connectivity index (χ2n) is 5.15. The molecule has 0 amide bonds. The molecular formula is C13H18N2O. The topological polar surface area (TPSA) is 37.5 Å². The lowest BCUT2D eigenvalue weighted by atomic mass is 9.89. The molecule has 0 aromatic carbocycles. The van der Waals surface area contributed by atoms with Crippen LogP contribution in [0.15, 0.2) is 18.2 Å². The average molecular weight is 218 g/mol. The third-order valence-corrected chi connectivity index (χ3v) is 2.38. The molecule has 0 saturated heterocycles. The van der Waals surface area contributed by atoms with Crippen LogP contribution in [0, 0.1) is 12.0 Å². The van der Waals surface area contributed by atoms with Crippen molar-refractivity contribution in [3.63, 3.8) is 0 Å². The van der Waals surface area contributed by atoms with E-state index in [0.29, 0.717) is 17.9 Å². The Morgan fingerprint density at radius 2 is 2.12 bits per heavy atom. The summed E-state index contributed by atoms with van der Waals surface area (Å²) in [5, 5.41) is 9.94. The van der Waals surface area contributed by atoms with Gasteiger partial charge in [0.25, 0.3) is 5.82 Å². The van der Waals surface area contributed by atoms with Crippen LogP contribution in [0.4, 0.5) is 5.82 Å². The van der Waals surface area contributed by atoms with E-state index in [4.69, 9.17) is 6.57 Å². The van der Waals surface area contributed by atoms with Gasteiger partial charge in [-0.25, -0.2) is 0 Å². The highest BCUT2D eigenvalue weighted by atomic mass is 16.3. The number of pyridine rings is 1. The highest BCUT2D eigenvalue weighted by molar-refractivity contribution is 5.36. The highest BCUT2D eigenvalue weighted by Crippen LogP contribution is 2.27. The van der Waals surface area contributed by atoms with Gasteiger partial charge in [-0.2, -0.15) is 0 Å². The predicted octanol–water partition coefficient (Wildman–Crippen LogP) is 3.49. The summed E-state index contributed by atoms with van der Waals surface area (Å²) in [6.45, 7) is 13.3. The molecule has 1 rings (SSSR count). The van der Waals surface area contributed by atoms with Crippen molar-refractivity contribution in [2.75, 3.05) is 0 Å². The summed E-state index contributed by atoms with van der Waals surface area (Å²) in [6, 6.07) is 5.17. The number of rotatable bonds is 3. The first kappa shape index (κ1) is 12.7. The Bertz CT molecular complexity index is 388. The second kappa shape index (κ2) is 5.09. The molecule has 1 aromatic rings.